The van der Waals surface area contributed by atoms with E-state index in [0.29, 0.717) is 51.5 Å². The standard InChI is InChI=1S/C27H46N6O4/c1-5-12-32-13-8-21(9-14-32)37-25(35)30-24(33-15-17-36-18-16-33)29-22(19-26(2,3)4)23(34)31-27(20-28)10-6-7-11-27/h21-22H,5-19H2,1-4H3,(H,31,34)(H,29,30,35)/t22-/m0/s1. The number of nitriles is 1. The number of alkyl carbamates (subject to hydrolysis) is 1. The van der Waals surface area contributed by atoms with Gasteiger partial charge in [0, 0.05) is 26.2 Å². The number of piperidine rings is 1. The largest absolute Gasteiger partial charge is 0.446 e. The number of morpholine rings is 1. The molecule has 1 aliphatic carbocycles. The Morgan fingerprint density at radius 3 is 2.38 bits per heavy atom. The molecule has 2 aliphatic heterocycles. The predicted molar refractivity (Wildman–Crippen MR) is 142 cm³/mol. The van der Waals surface area contributed by atoms with E-state index in [2.05, 4.69) is 49.3 Å². The number of ether oxygens (including phenoxy) is 2. The second-order valence-corrected chi connectivity index (χ2v) is 11.8. The van der Waals surface area contributed by atoms with Gasteiger partial charge in [-0.15, -0.1) is 0 Å². The van der Waals surface area contributed by atoms with Crippen molar-refractivity contribution in [2.45, 2.75) is 96.7 Å². The van der Waals surface area contributed by atoms with Crippen LogP contribution < -0.4 is 10.6 Å². The molecule has 0 spiro atoms. The highest BCUT2D eigenvalue weighted by Crippen LogP contribution is 2.30. The average molecular weight is 519 g/mol. The van der Waals surface area contributed by atoms with Crippen LogP contribution in [0, 0.1) is 16.7 Å². The van der Waals surface area contributed by atoms with Gasteiger partial charge in [-0.2, -0.15) is 5.26 Å². The van der Waals surface area contributed by atoms with Gasteiger partial charge in [0.25, 0.3) is 0 Å². The van der Waals surface area contributed by atoms with Crippen molar-refractivity contribution in [3.8, 4) is 6.07 Å². The maximum Gasteiger partial charge on any atom is 0.414 e. The molecule has 0 unspecified atom stereocenters. The normalized spacial score (nSPS) is 22.2. The van der Waals surface area contributed by atoms with Gasteiger partial charge in [-0.05, 0) is 63.3 Å². The van der Waals surface area contributed by atoms with Crippen LogP contribution in [0.25, 0.3) is 0 Å². The number of hydrogen-bond acceptors (Lipinski definition) is 7. The van der Waals surface area contributed by atoms with Crippen LogP contribution in [-0.4, -0.2) is 91.4 Å². The molecule has 2 heterocycles. The third-order valence-corrected chi connectivity index (χ3v) is 7.29. The van der Waals surface area contributed by atoms with Gasteiger partial charge in [-0.3, -0.25) is 10.1 Å². The molecule has 0 radical (unpaired) electrons. The smallest absolute Gasteiger partial charge is 0.414 e. The lowest BCUT2D eigenvalue weighted by Gasteiger charge is -2.33. The van der Waals surface area contributed by atoms with Crippen molar-refractivity contribution in [2.24, 2.45) is 10.4 Å². The third-order valence-electron chi connectivity index (χ3n) is 7.29. The van der Waals surface area contributed by atoms with Gasteiger partial charge >= 0.3 is 6.09 Å². The van der Waals surface area contributed by atoms with E-state index < -0.39 is 17.7 Å². The molecular weight excluding hydrogens is 472 g/mol. The number of carbonyl (C=O) groups is 2. The SMILES string of the molecule is CCCN1CCC(OC(=O)NC(=N[C@@H](CC(C)(C)C)C(=O)NC2(C#N)CCCC2)N2CCOCC2)CC1. The van der Waals surface area contributed by atoms with Crippen LogP contribution in [0.2, 0.25) is 0 Å². The van der Waals surface area contributed by atoms with Crippen LogP contribution in [0.4, 0.5) is 4.79 Å². The Balaban J connectivity index is 1.75. The molecule has 0 bridgehead atoms. The molecule has 0 aromatic carbocycles. The first-order valence-corrected chi connectivity index (χ1v) is 14.0. The fourth-order valence-electron chi connectivity index (χ4n) is 5.29. The number of nitrogens with zero attached hydrogens (tertiary/aromatic N) is 4. The zero-order valence-electron chi connectivity index (χ0n) is 23.2. The first-order chi connectivity index (χ1) is 17.6. The Morgan fingerprint density at radius 2 is 1.81 bits per heavy atom. The zero-order valence-corrected chi connectivity index (χ0v) is 23.2. The molecule has 3 rings (SSSR count). The van der Waals surface area contributed by atoms with E-state index in [9.17, 15) is 14.9 Å². The molecule has 10 heteroatoms. The van der Waals surface area contributed by atoms with E-state index in [1.54, 1.807) is 0 Å². The molecule has 2 N–H and O–H groups in total. The number of rotatable bonds is 7. The van der Waals surface area contributed by atoms with Crippen LogP contribution >= 0.6 is 0 Å². The van der Waals surface area contributed by atoms with Crippen molar-refractivity contribution in [2.75, 3.05) is 45.9 Å². The molecule has 37 heavy (non-hydrogen) atoms. The van der Waals surface area contributed by atoms with Gasteiger partial charge in [-0.1, -0.05) is 27.7 Å². The Kier molecular flexibility index (Phi) is 10.6. The van der Waals surface area contributed by atoms with Crippen LogP contribution in [0.15, 0.2) is 4.99 Å². The molecule has 2 amide bonds. The maximum atomic E-state index is 13.5. The highest BCUT2D eigenvalue weighted by atomic mass is 16.6. The fraction of sp³-hybridized carbons (Fsp3) is 0.852. The fourth-order valence-corrected chi connectivity index (χ4v) is 5.29. The van der Waals surface area contributed by atoms with Crippen LogP contribution in [0.3, 0.4) is 0 Å². The average Bonchev–Trinajstić information content (AvgIpc) is 3.33. The number of likely N-dealkylation sites (tertiary alicyclic amines) is 1. The Morgan fingerprint density at radius 1 is 1.16 bits per heavy atom. The minimum atomic E-state index is -0.832. The van der Waals surface area contributed by atoms with Crippen molar-refractivity contribution >= 4 is 18.0 Å². The summed E-state index contributed by atoms with van der Waals surface area (Å²) in [5.74, 6) is 0.0566. The molecule has 1 atom stereocenters. The number of hydrogen-bond donors (Lipinski definition) is 2. The summed E-state index contributed by atoms with van der Waals surface area (Å²) in [6.45, 7) is 13.4. The summed E-state index contributed by atoms with van der Waals surface area (Å²) in [7, 11) is 0. The molecule has 2 saturated heterocycles. The van der Waals surface area contributed by atoms with Gasteiger partial charge in [0.1, 0.15) is 17.7 Å². The first-order valence-electron chi connectivity index (χ1n) is 14.0. The molecule has 10 nitrogen and oxygen atoms in total. The van der Waals surface area contributed by atoms with E-state index in [-0.39, 0.29) is 17.4 Å². The highest BCUT2D eigenvalue weighted by Gasteiger charge is 2.38. The van der Waals surface area contributed by atoms with Crippen molar-refractivity contribution in [3.05, 3.63) is 0 Å². The third kappa shape index (κ3) is 9.15. The van der Waals surface area contributed by atoms with Crippen molar-refractivity contribution in [1.29, 1.82) is 5.26 Å². The minimum Gasteiger partial charge on any atom is -0.446 e. The highest BCUT2D eigenvalue weighted by molar-refractivity contribution is 5.96. The topological polar surface area (TPSA) is 119 Å². The lowest BCUT2D eigenvalue weighted by molar-refractivity contribution is -0.124. The van der Waals surface area contributed by atoms with Crippen molar-refractivity contribution in [3.63, 3.8) is 0 Å². The number of amides is 2. The van der Waals surface area contributed by atoms with E-state index >= 15 is 0 Å². The second kappa shape index (κ2) is 13.4. The first kappa shape index (κ1) is 29.2. The van der Waals surface area contributed by atoms with Gasteiger partial charge in [0.05, 0.1) is 19.3 Å². The number of aliphatic imine (C=N–C) groups is 1. The number of nitrogens with one attached hydrogen (secondary N) is 2. The van der Waals surface area contributed by atoms with E-state index in [0.717, 1.165) is 51.7 Å². The Bertz CT molecular complexity index is 829. The molecular formula is C27H46N6O4. The number of guanidine groups is 1. The minimum absolute atomic E-state index is 0.134. The zero-order chi connectivity index (χ0) is 26.9. The summed E-state index contributed by atoms with van der Waals surface area (Å²) >= 11 is 0. The second-order valence-electron chi connectivity index (χ2n) is 11.8. The summed E-state index contributed by atoms with van der Waals surface area (Å²) in [4.78, 5) is 35.6. The molecule has 0 aromatic heterocycles. The van der Waals surface area contributed by atoms with Crippen LogP contribution in [-0.2, 0) is 14.3 Å². The van der Waals surface area contributed by atoms with Gasteiger partial charge < -0.3 is 24.6 Å². The molecule has 1 saturated carbocycles. The molecule has 208 valence electrons. The summed E-state index contributed by atoms with van der Waals surface area (Å²) < 4.78 is 11.3. The molecule has 0 aromatic rings. The van der Waals surface area contributed by atoms with E-state index in [1.165, 1.54) is 0 Å². The Hall–Kier alpha value is -2.38. The Labute approximate surface area is 222 Å². The van der Waals surface area contributed by atoms with Gasteiger partial charge in [-0.25, -0.2) is 9.79 Å². The van der Waals surface area contributed by atoms with Crippen molar-refractivity contribution < 1.29 is 19.1 Å². The molecule has 3 aliphatic rings. The number of carbonyl (C=O) groups excluding carboxylic acids is 2. The van der Waals surface area contributed by atoms with Crippen LogP contribution in [0.1, 0.15) is 79.1 Å². The molecule has 3 fully saturated rings. The summed E-state index contributed by atoms with van der Waals surface area (Å²) in [6.07, 6.45) is 5.67. The monoisotopic (exact) mass is 518 g/mol. The predicted octanol–water partition coefficient (Wildman–Crippen LogP) is 3.03. The lowest BCUT2D eigenvalue weighted by Crippen LogP contribution is -2.53. The van der Waals surface area contributed by atoms with E-state index in [4.69, 9.17) is 14.5 Å². The maximum absolute atomic E-state index is 13.5. The quantitative estimate of drug-likeness (QED) is 0.393. The van der Waals surface area contributed by atoms with Crippen LogP contribution in [0.5, 0.6) is 0 Å². The van der Waals surface area contributed by atoms with Crippen molar-refractivity contribution in [1.82, 2.24) is 20.4 Å². The summed E-state index contributed by atoms with van der Waals surface area (Å²) in [5.41, 5.74) is -1.02. The van der Waals surface area contributed by atoms with Gasteiger partial charge in [0.15, 0.2) is 0 Å². The van der Waals surface area contributed by atoms with E-state index in [1.807, 2.05) is 4.90 Å². The summed E-state index contributed by atoms with van der Waals surface area (Å²) in [6, 6.07) is 1.58. The van der Waals surface area contributed by atoms with Gasteiger partial charge in [0.2, 0.25) is 11.9 Å². The lowest BCUT2D eigenvalue weighted by atomic mass is 9.87. The summed E-state index contributed by atoms with van der Waals surface area (Å²) in [5, 5.41) is 15.7.